The lowest BCUT2D eigenvalue weighted by Gasteiger charge is -2.53. The highest BCUT2D eigenvalue weighted by atomic mass is 16.1. The van der Waals surface area contributed by atoms with E-state index in [1.807, 2.05) is 6.08 Å². The SMILES string of the molecule is C[C@@]12CCC[C@H]1[C@@H]1CC[C@H]3CC(=O)C=C[C@@H]3[C@H]1CC2.[O]. The molecule has 6 atom stereocenters. The van der Waals surface area contributed by atoms with Crippen molar-refractivity contribution in [1.29, 1.82) is 0 Å². The minimum Gasteiger partial charge on any atom is -0.295 e. The van der Waals surface area contributed by atoms with E-state index < -0.39 is 0 Å². The van der Waals surface area contributed by atoms with Gasteiger partial charge in [0.2, 0.25) is 0 Å². The van der Waals surface area contributed by atoms with Crippen molar-refractivity contribution >= 4 is 5.78 Å². The largest absolute Gasteiger partial charge is 0.295 e. The zero-order valence-electron chi connectivity index (χ0n) is 12.5. The van der Waals surface area contributed by atoms with Crippen LogP contribution in [-0.2, 0) is 10.3 Å². The van der Waals surface area contributed by atoms with Gasteiger partial charge in [-0.3, -0.25) is 4.79 Å². The van der Waals surface area contributed by atoms with Crippen LogP contribution in [-0.4, -0.2) is 5.78 Å². The summed E-state index contributed by atoms with van der Waals surface area (Å²) in [4.78, 5) is 11.6. The molecule has 20 heavy (non-hydrogen) atoms. The summed E-state index contributed by atoms with van der Waals surface area (Å²) in [6.45, 7) is 2.56. The molecular weight excluding hydrogens is 248 g/mol. The van der Waals surface area contributed by atoms with E-state index in [1.165, 1.54) is 44.9 Å². The zero-order valence-corrected chi connectivity index (χ0v) is 12.5. The fourth-order valence-electron chi connectivity index (χ4n) is 6.23. The van der Waals surface area contributed by atoms with Gasteiger partial charge < -0.3 is 0 Å². The number of rotatable bonds is 0. The van der Waals surface area contributed by atoms with Crippen molar-refractivity contribution < 1.29 is 10.3 Å². The van der Waals surface area contributed by atoms with Gasteiger partial charge in [-0.25, -0.2) is 0 Å². The summed E-state index contributed by atoms with van der Waals surface area (Å²) in [6.07, 6.45) is 15.1. The Hall–Kier alpha value is -0.630. The van der Waals surface area contributed by atoms with Gasteiger partial charge in [0.1, 0.15) is 0 Å². The first-order chi connectivity index (χ1) is 9.17. The van der Waals surface area contributed by atoms with Gasteiger partial charge in [-0.15, -0.1) is 0 Å². The molecule has 2 nitrogen and oxygen atoms in total. The second-order valence-corrected chi connectivity index (χ2v) is 7.96. The first-order valence-corrected chi connectivity index (χ1v) is 8.38. The van der Waals surface area contributed by atoms with Crippen molar-refractivity contribution in [3.8, 4) is 0 Å². The Morgan fingerprint density at radius 3 is 2.80 bits per heavy atom. The minimum atomic E-state index is 0. The molecule has 0 spiro atoms. The highest BCUT2D eigenvalue weighted by Gasteiger charge is 2.52. The fraction of sp³-hybridized carbons (Fsp3) is 0.833. The van der Waals surface area contributed by atoms with E-state index in [9.17, 15) is 4.79 Å². The summed E-state index contributed by atoms with van der Waals surface area (Å²) in [7, 11) is 0. The molecule has 110 valence electrons. The molecule has 0 unspecified atom stereocenters. The third kappa shape index (κ3) is 1.99. The maximum absolute atomic E-state index is 11.6. The van der Waals surface area contributed by atoms with E-state index in [-0.39, 0.29) is 5.48 Å². The second kappa shape index (κ2) is 4.98. The predicted octanol–water partition coefficient (Wildman–Crippen LogP) is 4.26. The summed E-state index contributed by atoms with van der Waals surface area (Å²) in [5, 5.41) is 0. The van der Waals surface area contributed by atoms with E-state index >= 15 is 0 Å². The molecule has 0 aromatic carbocycles. The summed E-state index contributed by atoms with van der Waals surface area (Å²) >= 11 is 0. The third-order valence-corrected chi connectivity index (χ3v) is 7.15. The van der Waals surface area contributed by atoms with Crippen molar-refractivity contribution in [3.63, 3.8) is 0 Å². The molecule has 0 aromatic rings. The van der Waals surface area contributed by atoms with Crippen molar-refractivity contribution in [2.45, 2.75) is 58.3 Å². The van der Waals surface area contributed by atoms with Gasteiger partial charge in [-0.1, -0.05) is 19.4 Å². The van der Waals surface area contributed by atoms with E-state index in [0.717, 1.165) is 30.1 Å². The first kappa shape index (κ1) is 14.3. The Balaban J connectivity index is 0.00000121. The van der Waals surface area contributed by atoms with Crippen LogP contribution in [0, 0.1) is 35.0 Å². The van der Waals surface area contributed by atoms with Crippen LogP contribution in [0.15, 0.2) is 12.2 Å². The molecular formula is C18H26O2. The van der Waals surface area contributed by atoms with Crippen molar-refractivity contribution in [1.82, 2.24) is 0 Å². The third-order valence-electron chi connectivity index (χ3n) is 7.15. The number of carbonyl (C=O) groups excluding carboxylic acids is 1. The molecule has 0 heterocycles. The molecule has 0 aliphatic heterocycles. The van der Waals surface area contributed by atoms with Crippen molar-refractivity contribution in [3.05, 3.63) is 12.2 Å². The van der Waals surface area contributed by atoms with Crippen molar-refractivity contribution in [2.75, 3.05) is 0 Å². The normalized spacial score (nSPS) is 49.9. The quantitative estimate of drug-likeness (QED) is 0.651. The Labute approximate surface area is 122 Å². The van der Waals surface area contributed by atoms with Gasteiger partial charge in [0.05, 0.1) is 0 Å². The number of fused-ring (bicyclic) bond motifs is 5. The van der Waals surface area contributed by atoms with Gasteiger partial charge >= 0.3 is 0 Å². The molecule has 4 aliphatic carbocycles. The van der Waals surface area contributed by atoms with Crippen LogP contribution in [0.25, 0.3) is 0 Å². The molecule has 2 heteroatoms. The maximum atomic E-state index is 11.6. The van der Waals surface area contributed by atoms with Crippen LogP contribution in [0.5, 0.6) is 0 Å². The first-order valence-electron chi connectivity index (χ1n) is 8.38. The van der Waals surface area contributed by atoms with Crippen LogP contribution < -0.4 is 0 Å². The van der Waals surface area contributed by atoms with E-state index in [0.29, 0.717) is 17.1 Å². The predicted molar refractivity (Wildman–Crippen MR) is 77.3 cm³/mol. The summed E-state index contributed by atoms with van der Waals surface area (Å²) in [5.74, 6) is 4.67. The Morgan fingerprint density at radius 1 is 1.10 bits per heavy atom. The summed E-state index contributed by atoms with van der Waals surface area (Å²) in [5.41, 5.74) is 0.669. The van der Waals surface area contributed by atoms with Gasteiger partial charge in [0.25, 0.3) is 0 Å². The lowest BCUT2D eigenvalue weighted by molar-refractivity contribution is -0.118. The number of hydrogen-bond acceptors (Lipinski definition) is 1. The highest BCUT2D eigenvalue weighted by molar-refractivity contribution is 5.90. The average molecular weight is 274 g/mol. The number of ketones is 1. The molecule has 0 saturated heterocycles. The zero-order chi connectivity index (χ0) is 13.0. The fourth-order valence-corrected chi connectivity index (χ4v) is 6.23. The summed E-state index contributed by atoms with van der Waals surface area (Å²) in [6, 6.07) is 0. The Kier molecular flexibility index (Phi) is 3.56. The molecule has 0 amide bonds. The monoisotopic (exact) mass is 274 g/mol. The van der Waals surface area contributed by atoms with E-state index in [2.05, 4.69) is 13.0 Å². The number of carbonyl (C=O) groups is 1. The minimum absolute atomic E-state index is 0. The van der Waals surface area contributed by atoms with Gasteiger partial charge in [0, 0.05) is 11.9 Å². The molecule has 3 saturated carbocycles. The number of hydrogen-bond donors (Lipinski definition) is 0. The number of allylic oxidation sites excluding steroid dienone is 2. The second-order valence-electron chi connectivity index (χ2n) is 7.96. The highest BCUT2D eigenvalue weighted by Crippen LogP contribution is 2.61. The molecule has 4 rings (SSSR count). The molecule has 4 aliphatic rings. The molecule has 0 bridgehead atoms. The average Bonchev–Trinajstić information content (AvgIpc) is 2.79. The standard InChI is InChI=1S/C18H26O.O/c1-18-9-2-3-17(18)16-6-4-12-11-13(19)5-7-14(12)15(16)8-10-18;/h5,7,12,14-17H,2-4,6,8-11H2,1H3;/t12-,14-,15+,16+,17-,18-;/m0./s1. The lowest BCUT2D eigenvalue weighted by atomic mass is 9.51. The molecule has 3 fully saturated rings. The van der Waals surface area contributed by atoms with Crippen LogP contribution in [0.2, 0.25) is 0 Å². The smallest absolute Gasteiger partial charge is 0.155 e. The van der Waals surface area contributed by atoms with E-state index in [1.54, 1.807) is 0 Å². The Morgan fingerprint density at radius 2 is 1.95 bits per heavy atom. The van der Waals surface area contributed by atoms with Crippen LogP contribution in [0.3, 0.4) is 0 Å². The maximum Gasteiger partial charge on any atom is 0.155 e. The molecule has 0 N–H and O–H groups in total. The molecule has 2 radical (unpaired) electrons. The van der Waals surface area contributed by atoms with Gasteiger partial charge in [-0.05, 0) is 79.6 Å². The van der Waals surface area contributed by atoms with Gasteiger partial charge in [0.15, 0.2) is 5.78 Å². The molecule has 0 aromatic heterocycles. The topological polar surface area (TPSA) is 45.6 Å². The summed E-state index contributed by atoms with van der Waals surface area (Å²) < 4.78 is 0. The van der Waals surface area contributed by atoms with Gasteiger partial charge in [-0.2, -0.15) is 0 Å². The van der Waals surface area contributed by atoms with Crippen LogP contribution in [0.1, 0.15) is 58.3 Å². The van der Waals surface area contributed by atoms with Crippen LogP contribution >= 0.6 is 0 Å². The van der Waals surface area contributed by atoms with Crippen molar-refractivity contribution in [2.24, 2.45) is 35.0 Å². The lowest BCUT2D eigenvalue weighted by Crippen LogP contribution is -2.46. The van der Waals surface area contributed by atoms with Crippen LogP contribution in [0.4, 0.5) is 0 Å². The Bertz CT molecular complexity index is 427. The van der Waals surface area contributed by atoms with E-state index in [4.69, 9.17) is 0 Å².